The molecule has 0 heterocycles. The van der Waals surface area contributed by atoms with E-state index in [2.05, 4.69) is 53.8 Å². The Hall–Kier alpha value is -0.0800. The number of ether oxygens (including phenoxy) is 1. The molecule has 2 nitrogen and oxygen atoms in total. The first-order valence-corrected chi connectivity index (χ1v) is 6.59. The molecule has 0 spiro atoms. The zero-order chi connectivity index (χ0) is 12.8. The van der Waals surface area contributed by atoms with Crippen molar-refractivity contribution in [2.75, 3.05) is 13.2 Å². The Balaban J connectivity index is 3.89. The minimum atomic E-state index is 0.175. The third kappa shape index (κ3) is 9.17. The van der Waals surface area contributed by atoms with E-state index in [1.54, 1.807) is 0 Å². The fourth-order valence-corrected chi connectivity index (χ4v) is 1.35. The van der Waals surface area contributed by atoms with Gasteiger partial charge in [0, 0.05) is 18.7 Å². The van der Waals surface area contributed by atoms with Gasteiger partial charge in [-0.25, -0.2) is 0 Å². The smallest absolute Gasteiger partial charge is 0.0722 e. The Morgan fingerprint density at radius 1 is 1.06 bits per heavy atom. The van der Waals surface area contributed by atoms with E-state index in [-0.39, 0.29) is 5.54 Å². The molecule has 0 aliphatic rings. The van der Waals surface area contributed by atoms with Crippen molar-refractivity contribution in [3.63, 3.8) is 0 Å². The highest BCUT2D eigenvalue weighted by Gasteiger charge is 2.17. The lowest BCUT2D eigenvalue weighted by molar-refractivity contribution is 0.0140. The molecular weight excluding hydrogens is 198 g/mol. The largest absolute Gasteiger partial charge is 0.377 e. The van der Waals surface area contributed by atoms with Gasteiger partial charge >= 0.3 is 0 Å². The summed E-state index contributed by atoms with van der Waals surface area (Å²) in [7, 11) is 0. The topological polar surface area (TPSA) is 21.3 Å². The predicted octanol–water partition coefficient (Wildman–Crippen LogP) is 3.46. The number of hydrogen-bond acceptors (Lipinski definition) is 2. The Morgan fingerprint density at radius 3 is 2.00 bits per heavy atom. The molecule has 0 saturated heterocycles. The summed E-state index contributed by atoms with van der Waals surface area (Å²) in [6, 6.07) is 0. The summed E-state index contributed by atoms with van der Waals surface area (Å²) in [4.78, 5) is 0. The van der Waals surface area contributed by atoms with Crippen LogP contribution in [0.1, 0.15) is 54.9 Å². The summed E-state index contributed by atoms with van der Waals surface area (Å²) in [6.45, 7) is 17.3. The van der Waals surface area contributed by atoms with Crippen LogP contribution in [-0.4, -0.2) is 24.8 Å². The van der Waals surface area contributed by atoms with Gasteiger partial charge in [-0.3, -0.25) is 0 Å². The van der Waals surface area contributed by atoms with Crippen LogP contribution in [0.2, 0.25) is 0 Å². The van der Waals surface area contributed by atoms with E-state index in [9.17, 15) is 0 Å². The summed E-state index contributed by atoms with van der Waals surface area (Å²) >= 11 is 0. The lowest BCUT2D eigenvalue weighted by Gasteiger charge is -2.28. The molecule has 1 unspecified atom stereocenters. The van der Waals surface area contributed by atoms with Gasteiger partial charge in [0.2, 0.25) is 0 Å². The van der Waals surface area contributed by atoms with Crippen molar-refractivity contribution in [1.82, 2.24) is 5.32 Å². The van der Waals surface area contributed by atoms with Gasteiger partial charge in [0.05, 0.1) is 6.10 Å². The van der Waals surface area contributed by atoms with E-state index >= 15 is 0 Å². The fraction of sp³-hybridized carbons (Fsp3) is 1.00. The van der Waals surface area contributed by atoms with Gasteiger partial charge < -0.3 is 10.1 Å². The van der Waals surface area contributed by atoms with Crippen LogP contribution in [0.25, 0.3) is 0 Å². The molecule has 0 saturated carbocycles. The molecule has 0 radical (unpaired) electrons. The molecule has 0 fully saturated rings. The molecule has 0 aliphatic heterocycles. The molecule has 0 amide bonds. The second-order valence-electron chi connectivity index (χ2n) is 6.47. The molecule has 0 bridgehead atoms. The normalized spacial score (nSPS) is 14.8. The quantitative estimate of drug-likeness (QED) is 0.722. The van der Waals surface area contributed by atoms with E-state index in [0.29, 0.717) is 12.0 Å². The van der Waals surface area contributed by atoms with Gasteiger partial charge in [-0.05, 0) is 39.0 Å². The van der Waals surface area contributed by atoms with E-state index in [4.69, 9.17) is 4.74 Å². The summed E-state index contributed by atoms with van der Waals surface area (Å²) in [5.41, 5.74) is 0.175. The molecule has 0 aliphatic carbocycles. The number of nitrogens with one attached hydrogen (secondary N) is 1. The monoisotopic (exact) mass is 229 g/mol. The van der Waals surface area contributed by atoms with Crippen LogP contribution in [0.4, 0.5) is 0 Å². The summed E-state index contributed by atoms with van der Waals surface area (Å²) in [6.07, 6.45) is 1.48. The summed E-state index contributed by atoms with van der Waals surface area (Å²) in [5.74, 6) is 1.30. The molecule has 0 aromatic rings. The van der Waals surface area contributed by atoms with Gasteiger partial charge in [-0.1, -0.05) is 27.7 Å². The highest BCUT2D eigenvalue weighted by Crippen LogP contribution is 2.10. The summed E-state index contributed by atoms with van der Waals surface area (Å²) in [5, 5.41) is 3.52. The van der Waals surface area contributed by atoms with E-state index in [1.807, 2.05) is 0 Å². The van der Waals surface area contributed by atoms with E-state index in [1.165, 1.54) is 0 Å². The SMILES string of the molecule is CC(C)CCOC(CNC(C)(C)C)C(C)C. The fourth-order valence-electron chi connectivity index (χ4n) is 1.35. The number of hydrogen-bond donors (Lipinski definition) is 1. The lowest BCUT2D eigenvalue weighted by atomic mass is 10.0. The maximum absolute atomic E-state index is 5.95. The van der Waals surface area contributed by atoms with Crippen LogP contribution in [0.3, 0.4) is 0 Å². The molecule has 2 heteroatoms. The molecular formula is C14H31NO. The standard InChI is InChI=1S/C14H31NO/c1-11(2)8-9-16-13(12(3)4)10-15-14(5,6)7/h11-13,15H,8-10H2,1-7H3. The van der Waals surface area contributed by atoms with Crippen LogP contribution in [-0.2, 0) is 4.74 Å². The van der Waals surface area contributed by atoms with Gasteiger partial charge in [0.1, 0.15) is 0 Å². The van der Waals surface area contributed by atoms with Crippen molar-refractivity contribution < 1.29 is 4.74 Å². The van der Waals surface area contributed by atoms with Crippen molar-refractivity contribution in [3.8, 4) is 0 Å². The van der Waals surface area contributed by atoms with Crippen LogP contribution < -0.4 is 5.32 Å². The summed E-state index contributed by atoms with van der Waals surface area (Å²) < 4.78 is 5.95. The van der Waals surface area contributed by atoms with E-state index < -0.39 is 0 Å². The molecule has 1 N–H and O–H groups in total. The first-order valence-electron chi connectivity index (χ1n) is 6.59. The second-order valence-corrected chi connectivity index (χ2v) is 6.47. The van der Waals surface area contributed by atoms with Crippen LogP contribution in [0, 0.1) is 11.8 Å². The Labute approximate surface area is 102 Å². The van der Waals surface area contributed by atoms with Crippen molar-refractivity contribution in [2.24, 2.45) is 11.8 Å². The van der Waals surface area contributed by atoms with Crippen molar-refractivity contribution in [1.29, 1.82) is 0 Å². The van der Waals surface area contributed by atoms with Crippen LogP contribution >= 0.6 is 0 Å². The zero-order valence-corrected chi connectivity index (χ0v) is 12.3. The average molecular weight is 229 g/mol. The Kier molecular flexibility index (Phi) is 7.25. The van der Waals surface area contributed by atoms with E-state index in [0.717, 1.165) is 25.5 Å². The second kappa shape index (κ2) is 7.29. The van der Waals surface area contributed by atoms with Gasteiger partial charge in [-0.2, -0.15) is 0 Å². The molecule has 0 rings (SSSR count). The lowest BCUT2D eigenvalue weighted by Crippen LogP contribution is -2.43. The Morgan fingerprint density at radius 2 is 1.62 bits per heavy atom. The molecule has 1 atom stereocenters. The predicted molar refractivity (Wildman–Crippen MR) is 71.8 cm³/mol. The molecule has 0 aromatic carbocycles. The minimum absolute atomic E-state index is 0.175. The third-order valence-corrected chi connectivity index (χ3v) is 2.60. The van der Waals surface area contributed by atoms with Crippen LogP contribution in [0.15, 0.2) is 0 Å². The highest BCUT2D eigenvalue weighted by atomic mass is 16.5. The first-order chi connectivity index (χ1) is 7.22. The third-order valence-electron chi connectivity index (χ3n) is 2.60. The van der Waals surface area contributed by atoms with Crippen molar-refractivity contribution >= 4 is 0 Å². The maximum Gasteiger partial charge on any atom is 0.0722 e. The minimum Gasteiger partial charge on any atom is -0.377 e. The molecule has 16 heavy (non-hydrogen) atoms. The van der Waals surface area contributed by atoms with Crippen molar-refractivity contribution in [2.45, 2.75) is 66.5 Å². The van der Waals surface area contributed by atoms with Gasteiger partial charge in [-0.15, -0.1) is 0 Å². The maximum atomic E-state index is 5.95. The van der Waals surface area contributed by atoms with Gasteiger partial charge in [0.25, 0.3) is 0 Å². The number of rotatable bonds is 7. The van der Waals surface area contributed by atoms with Gasteiger partial charge in [0.15, 0.2) is 0 Å². The first kappa shape index (κ1) is 15.9. The average Bonchev–Trinajstić information content (AvgIpc) is 2.07. The van der Waals surface area contributed by atoms with Crippen molar-refractivity contribution in [3.05, 3.63) is 0 Å². The molecule has 98 valence electrons. The molecule has 0 aromatic heterocycles. The van der Waals surface area contributed by atoms with Crippen LogP contribution in [0.5, 0.6) is 0 Å². The zero-order valence-electron chi connectivity index (χ0n) is 12.3. The highest BCUT2D eigenvalue weighted by molar-refractivity contribution is 4.75. The Bertz CT molecular complexity index is 170.